The average Bonchev–Trinajstić information content (AvgIpc) is 2.68. The summed E-state index contributed by atoms with van der Waals surface area (Å²) in [4.78, 5) is 37.1. The van der Waals surface area contributed by atoms with Gasteiger partial charge in [0.15, 0.2) is 0 Å². The van der Waals surface area contributed by atoms with E-state index in [1.54, 1.807) is 12.1 Å². The molecule has 0 bridgehead atoms. The number of ether oxygens (including phenoxy) is 1. The van der Waals surface area contributed by atoms with E-state index in [0.29, 0.717) is 23.4 Å². The van der Waals surface area contributed by atoms with Crippen molar-refractivity contribution < 1.29 is 19.1 Å². The number of amides is 3. The van der Waals surface area contributed by atoms with Crippen molar-refractivity contribution in [2.45, 2.75) is 26.4 Å². The SMILES string of the molecule is CC(=O)NC(=O)N1c2ccccc2CC(OC(C)=O)c2ccccc21. The molecule has 1 N–H and O–H groups in total. The Labute approximate surface area is 145 Å². The maximum absolute atomic E-state index is 12.7. The third kappa shape index (κ3) is 3.38. The molecule has 0 aliphatic carbocycles. The van der Waals surface area contributed by atoms with Gasteiger partial charge in [0.05, 0.1) is 11.4 Å². The fraction of sp³-hybridized carbons (Fsp3) is 0.211. The second-order valence-corrected chi connectivity index (χ2v) is 5.81. The number of carbonyl (C=O) groups excluding carboxylic acids is 3. The second-order valence-electron chi connectivity index (χ2n) is 5.81. The number of benzene rings is 2. The molecule has 1 atom stereocenters. The number of fused-ring (bicyclic) bond motifs is 2. The van der Waals surface area contributed by atoms with Gasteiger partial charge in [-0.05, 0) is 17.7 Å². The molecule has 0 aromatic heterocycles. The highest BCUT2D eigenvalue weighted by Crippen LogP contribution is 2.41. The van der Waals surface area contributed by atoms with Crippen LogP contribution in [-0.4, -0.2) is 17.9 Å². The molecule has 6 heteroatoms. The lowest BCUT2D eigenvalue weighted by atomic mass is 10.0. The van der Waals surface area contributed by atoms with Crippen LogP contribution < -0.4 is 10.2 Å². The minimum Gasteiger partial charge on any atom is -0.457 e. The highest BCUT2D eigenvalue weighted by Gasteiger charge is 2.31. The van der Waals surface area contributed by atoms with Gasteiger partial charge in [0, 0.05) is 25.8 Å². The fourth-order valence-corrected chi connectivity index (χ4v) is 3.04. The van der Waals surface area contributed by atoms with Crippen molar-refractivity contribution in [3.05, 3.63) is 59.7 Å². The molecular weight excluding hydrogens is 320 g/mol. The predicted molar refractivity (Wildman–Crippen MR) is 92.4 cm³/mol. The van der Waals surface area contributed by atoms with Crippen LogP contribution in [0.2, 0.25) is 0 Å². The van der Waals surface area contributed by atoms with Crippen LogP contribution >= 0.6 is 0 Å². The Morgan fingerprint density at radius 1 is 1.00 bits per heavy atom. The largest absolute Gasteiger partial charge is 0.457 e. The van der Waals surface area contributed by atoms with E-state index >= 15 is 0 Å². The maximum atomic E-state index is 12.7. The van der Waals surface area contributed by atoms with Crippen LogP contribution in [0.4, 0.5) is 16.2 Å². The number of carbonyl (C=O) groups is 3. The molecule has 0 spiro atoms. The summed E-state index contributed by atoms with van der Waals surface area (Å²) >= 11 is 0. The third-order valence-corrected chi connectivity index (χ3v) is 3.96. The Morgan fingerprint density at radius 3 is 2.32 bits per heavy atom. The number of anilines is 2. The van der Waals surface area contributed by atoms with Crippen LogP contribution in [0.5, 0.6) is 0 Å². The normalized spacial score (nSPS) is 15.4. The van der Waals surface area contributed by atoms with Crippen molar-refractivity contribution in [2.24, 2.45) is 0 Å². The van der Waals surface area contributed by atoms with Gasteiger partial charge in [-0.15, -0.1) is 0 Å². The molecular formula is C19H18N2O4. The zero-order valence-electron chi connectivity index (χ0n) is 14.0. The van der Waals surface area contributed by atoms with Crippen molar-refractivity contribution in [3.63, 3.8) is 0 Å². The summed E-state index contributed by atoms with van der Waals surface area (Å²) in [6, 6.07) is 14.0. The molecule has 0 saturated heterocycles. The van der Waals surface area contributed by atoms with Crippen LogP contribution in [0.1, 0.15) is 31.1 Å². The molecule has 1 unspecified atom stereocenters. The Hall–Kier alpha value is -3.15. The van der Waals surface area contributed by atoms with Crippen LogP contribution in [0.3, 0.4) is 0 Å². The predicted octanol–water partition coefficient (Wildman–Crippen LogP) is 3.24. The molecule has 128 valence electrons. The van der Waals surface area contributed by atoms with Crippen molar-refractivity contribution in [1.29, 1.82) is 0 Å². The third-order valence-electron chi connectivity index (χ3n) is 3.96. The molecule has 1 aliphatic rings. The van der Waals surface area contributed by atoms with Crippen molar-refractivity contribution >= 4 is 29.3 Å². The molecule has 0 fully saturated rings. The molecule has 0 radical (unpaired) electrons. The van der Waals surface area contributed by atoms with E-state index in [-0.39, 0.29) is 5.97 Å². The quantitative estimate of drug-likeness (QED) is 0.810. The molecule has 6 nitrogen and oxygen atoms in total. The minimum atomic E-state index is -0.545. The van der Waals surface area contributed by atoms with E-state index in [9.17, 15) is 14.4 Å². The van der Waals surface area contributed by atoms with Crippen LogP contribution in [-0.2, 0) is 20.7 Å². The molecule has 25 heavy (non-hydrogen) atoms. The smallest absolute Gasteiger partial charge is 0.333 e. The van der Waals surface area contributed by atoms with Gasteiger partial charge in [0.2, 0.25) is 5.91 Å². The van der Waals surface area contributed by atoms with Crippen LogP contribution in [0, 0.1) is 0 Å². The first-order valence-electron chi connectivity index (χ1n) is 7.93. The topological polar surface area (TPSA) is 75.7 Å². The second kappa shape index (κ2) is 6.76. The molecule has 1 aliphatic heterocycles. The van der Waals surface area contributed by atoms with E-state index in [0.717, 1.165) is 5.56 Å². The van der Waals surface area contributed by atoms with E-state index < -0.39 is 18.0 Å². The lowest BCUT2D eigenvalue weighted by molar-refractivity contribution is -0.146. The zero-order valence-corrected chi connectivity index (χ0v) is 14.0. The van der Waals surface area contributed by atoms with Crippen LogP contribution in [0.15, 0.2) is 48.5 Å². The van der Waals surface area contributed by atoms with Gasteiger partial charge in [0.25, 0.3) is 0 Å². The number of rotatable bonds is 1. The van der Waals surface area contributed by atoms with Gasteiger partial charge in [-0.2, -0.15) is 0 Å². The molecule has 2 aromatic rings. The Bertz CT molecular complexity index is 847. The number of imide groups is 1. The minimum absolute atomic E-state index is 0.390. The first-order valence-corrected chi connectivity index (χ1v) is 7.93. The number of hydrogen-bond acceptors (Lipinski definition) is 4. The van der Waals surface area contributed by atoms with Crippen LogP contribution in [0.25, 0.3) is 0 Å². The molecule has 0 saturated carbocycles. The molecule has 2 aromatic carbocycles. The number of hydrogen-bond donors (Lipinski definition) is 1. The lowest BCUT2D eigenvalue weighted by Gasteiger charge is -2.24. The van der Waals surface area contributed by atoms with Crippen molar-refractivity contribution in [3.8, 4) is 0 Å². The Balaban J connectivity index is 2.19. The summed E-state index contributed by atoms with van der Waals surface area (Å²) in [7, 11) is 0. The monoisotopic (exact) mass is 338 g/mol. The van der Waals surface area contributed by atoms with E-state index in [2.05, 4.69) is 5.32 Å². The fourth-order valence-electron chi connectivity index (χ4n) is 3.04. The summed E-state index contributed by atoms with van der Waals surface area (Å²) in [6.07, 6.45) is -0.0682. The standard InChI is InChI=1S/C19H18N2O4/c1-12(22)20-19(24)21-16-9-5-3-7-14(16)11-18(25-13(2)23)15-8-4-6-10-17(15)21/h3-10,18H,11H2,1-2H3,(H,20,22,24). The van der Waals surface area contributed by atoms with E-state index in [4.69, 9.17) is 4.74 Å². The maximum Gasteiger partial charge on any atom is 0.333 e. The van der Waals surface area contributed by atoms with Gasteiger partial charge in [-0.3, -0.25) is 19.8 Å². The average molecular weight is 338 g/mol. The van der Waals surface area contributed by atoms with Gasteiger partial charge < -0.3 is 4.74 Å². The van der Waals surface area contributed by atoms with Crippen molar-refractivity contribution in [1.82, 2.24) is 5.32 Å². The van der Waals surface area contributed by atoms with Crippen molar-refractivity contribution in [2.75, 3.05) is 4.90 Å². The van der Waals surface area contributed by atoms with E-state index in [1.165, 1.54) is 18.7 Å². The van der Waals surface area contributed by atoms with Gasteiger partial charge in [-0.25, -0.2) is 4.79 Å². The summed E-state index contributed by atoms with van der Waals surface area (Å²) in [5, 5.41) is 2.32. The van der Waals surface area contributed by atoms with Gasteiger partial charge in [0.1, 0.15) is 6.10 Å². The summed E-state index contributed by atoms with van der Waals surface area (Å²) in [5.74, 6) is -0.834. The first-order chi connectivity index (χ1) is 12.0. The van der Waals surface area contributed by atoms with E-state index in [1.807, 2.05) is 36.4 Å². The zero-order chi connectivity index (χ0) is 18.0. The molecule has 3 amide bonds. The summed E-state index contributed by atoms with van der Waals surface area (Å²) < 4.78 is 5.50. The van der Waals surface area contributed by atoms with Gasteiger partial charge >= 0.3 is 12.0 Å². The Morgan fingerprint density at radius 2 is 1.64 bits per heavy atom. The number of nitrogens with one attached hydrogen (secondary N) is 1. The summed E-state index contributed by atoms with van der Waals surface area (Å²) in [6.45, 7) is 2.65. The number of esters is 1. The lowest BCUT2D eigenvalue weighted by Crippen LogP contribution is -2.39. The Kier molecular flexibility index (Phi) is 4.52. The molecule has 1 heterocycles. The summed E-state index contributed by atoms with van der Waals surface area (Å²) in [5.41, 5.74) is 2.80. The highest BCUT2D eigenvalue weighted by molar-refractivity contribution is 6.07. The highest BCUT2D eigenvalue weighted by atomic mass is 16.5. The number of urea groups is 1. The van der Waals surface area contributed by atoms with Gasteiger partial charge in [-0.1, -0.05) is 36.4 Å². The number of para-hydroxylation sites is 2. The molecule has 3 rings (SSSR count). The first kappa shape index (κ1) is 16.7. The number of nitrogens with zero attached hydrogens (tertiary/aromatic N) is 1.